The number of nitrogens with one attached hydrogen (secondary N) is 1. The van der Waals surface area contributed by atoms with E-state index in [2.05, 4.69) is 10.3 Å². The molecular formula is C29H30N4O9. The van der Waals surface area contributed by atoms with E-state index in [1.54, 1.807) is 24.4 Å². The molecule has 42 heavy (non-hydrogen) atoms. The number of aromatic nitrogens is 1. The standard InChI is InChI=1S/C29H30N4O9/c1-33(2)22-15-9-12-8-14-13(16-6-4-5-7-31-16)10-17(32-18(34)11-42-3)23(35)20(14)24(36)19(12)26(38)29(15,41)27(39)21(25(22)37)28(30)40/h4-7,10,12,15,22,35-36,39,41H,8-9,11H2,1-3H3,(H2,30,40)(H,32,34)/t12-,15-,22-,29-/m0/s1. The summed E-state index contributed by atoms with van der Waals surface area (Å²) in [7, 11) is 4.38. The number of carbonyl (C=O) groups excluding carboxylic acids is 4. The maximum absolute atomic E-state index is 14.1. The van der Waals surface area contributed by atoms with Gasteiger partial charge in [0, 0.05) is 30.4 Å². The SMILES string of the molecule is COCC(=O)Nc1cc(-c2ccccn2)c2c(c1O)C(O)=C1C(=O)[C@]3(O)C(O)=C(C(N)=O)C(=O)[C@@H](N(C)C)[C@@H]3C[C@@H]1C2. The van der Waals surface area contributed by atoms with Crippen molar-refractivity contribution in [2.24, 2.45) is 17.6 Å². The molecule has 1 saturated carbocycles. The number of benzene rings is 1. The fourth-order valence-corrected chi connectivity index (χ4v) is 6.47. The predicted octanol–water partition coefficient (Wildman–Crippen LogP) is 0.611. The van der Waals surface area contributed by atoms with E-state index in [4.69, 9.17) is 10.5 Å². The van der Waals surface area contributed by atoms with Crippen molar-refractivity contribution < 1.29 is 44.3 Å². The van der Waals surface area contributed by atoms with E-state index < -0.39 is 69.7 Å². The molecule has 2 amide bonds. The third kappa shape index (κ3) is 4.16. The van der Waals surface area contributed by atoms with Crippen molar-refractivity contribution in [1.29, 1.82) is 0 Å². The Morgan fingerprint density at radius 1 is 1.21 bits per heavy atom. The van der Waals surface area contributed by atoms with Crippen molar-refractivity contribution in [1.82, 2.24) is 9.88 Å². The largest absolute Gasteiger partial charge is 0.508 e. The van der Waals surface area contributed by atoms with Gasteiger partial charge in [-0.2, -0.15) is 0 Å². The highest BCUT2D eigenvalue weighted by atomic mass is 16.5. The molecule has 13 heteroatoms. The van der Waals surface area contributed by atoms with E-state index in [1.165, 1.54) is 32.2 Å². The molecule has 7 N–H and O–H groups in total. The minimum atomic E-state index is -2.76. The normalized spacial score (nSPS) is 25.2. The number of primary amides is 1. The van der Waals surface area contributed by atoms with Gasteiger partial charge >= 0.3 is 0 Å². The van der Waals surface area contributed by atoms with E-state index in [9.17, 15) is 39.6 Å². The zero-order valence-electron chi connectivity index (χ0n) is 23.0. The first-order valence-corrected chi connectivity index (χ1v) is 13.1. The molecule has 0 saturated heterocycles. The summed E-state index contributed by atoms with van der Waals surface area (Å²) in [5.41, 5.74) is 2.50. The lowest BCUT2D eigenvalue weighted by atomic mass is 9.57. The van der Waals surface area contributed by atoms with Crippen LogP contribution in [0.5, 0.6) is 5.75 Å². The van der Waals surface area contributed by atoms with Crippen LogP contribution in [0.2, 0.25) is 0 Å². The van der Waals surface area contributed by atoms with Crippen LogP contribution in [0.1, 0.15) is 17.5 Å². The van der Waals surface area contributed by atoms with E-state index >= 15 is 0 Å². The molecule has 3 aliphatic carbocycles. The summed E-state index contributed by atoms with van der Waals surface area (Å²) in [6, 6.07) is 5.45. The van der Waals surface area contributed by atoms with Gasteiger partial charge in [-0.1, -0.05) is 6.07 Å². The van der Waals surface area contributed by atoms with Gasteiger partial charge in [0.05, 0.1) is 23.0 Å². The van der Waals surface area contributed by atoms with Crippen LogP contribution >= 0.6 is 0 Å². The average Bonchev–Trinajstić information content (AvgIpc) is 2.92. The van der Waals surface area contributed by atoms with E-state index in [0.717, 1.165) is 0 Å². The zero-order valence-corrected chi connectivity index (χ0v) is 23.0. The lowest BCUT2D eigenvalue weighted by Gasteiger charge is -2.50. The number of nitrogens with zero attached hydrogens (tertiary/aromatic N) is 2. The maximum Gasteiger partial charge on any atom is 0.255 e. The Bertz CT molecular complexity index is 1600. The average molecular weight is 579 g/mol. The number of nitrogens with two attached hydrogens (primary N) is 1. The number of ether oxygens (including phenoxy) is 1. The lowest BCUT2D eigenvalue weighted by molar-refractivity contribution is -0.153. The van der Waals surface area contributed by atoms with Crippen molar-refractivity contribution in [3.05, 3.63) is 58.5 Å². The number of phenols is 1. The number of aromatic hydroxyl groups is 1. The quantitative estimate of drug-likeness (QED) is 0.206. The second-order valence-electron chi connectivity index (χ2n) is 10.8. The molecule has 1 fully saturated rings. The molecule has 0 bridgehead atoms. The number of pyridine rings is 1. The number of fused-ring (bicyclic) bond motifs is 3. The Balaban J connectivity index is 1.76. The van der Waals surface area contributed by atoms with Gasteiger partial charge in [-0.3, -0.25) is 29.1 Å². The van der Waals surface area contributed by atoms with Crippen molar-refractivity contribution >= 4 is 34.8 Å². The van der Waals surface area contributed by atoms with Gasteiger partial charge in [-0.25, -0.2) is 0 Å². The lowest BCUT2D eigenvalue weighted by Crippen LogP contribution is -2.65. The Kier molecular flexibility index (Phi) is 7.13. The number of Topliss-reactive ketones (excluding diaryl/α,β-unsaturated/α-hetero) is 2. The number of amides is 2. The molecule has 1 aromatic carbocycles. The highest BCUT2D eigenvalue weighted by Crippen LogP contribution is 2.54. The Labute approximate surface area is 239 Å². The number of aliphatic hydroxyl groups excluding tert-OH is 2. The molecule has 13 nitrogen and oxygen atoms in total. The first-order valence-electron chi connectivity index (χ1n) is 13.1. The fraction of sp³-hybridized carbons (Fsp3) is 0.345. The molecule has 0 spiro atoms. The number of methoxy groups -OCH3 is 1. The minimum Gasteiger partial charge on any atom is -0.508 e. The van der Waals surface area contributed by atoms with Crippen LogP contribution in [0.15, 0.2) is 47.4 Å². The second kappa shape index (κ2) is 10.4. The van der Waals surface area contributed by atoms with E-state index in [1.807, 2.05) is 0 Å². The van der Waals surface area contributed by atoms with E-state index in [0.29, 0.717) is 16.8 Å². The molecule has 1 aromatic heterocycles. The summed E-state index contributed by atoms with van der Waals surface area (Å²) in [6.07, 6.45) is 1.56. The fourth-order valence-electron chi connectivity index (χ4n) is 6.47. The Hall–Kier alpha value is -4.59. The summed E-state index contributed by atoms with van der Waals surface area (Å²) < 4.78 is 4.85. The molecule has 2 aromatic rings. The topological polar surface area (TPSA) is 213 Å². The monoisotopic (exact) mass is 578 g/mol. The van der Waals surface area contributed by atoms with Crippen LogP contribution in [0.3, 0.4) is 0 Å². The number of anilines is 1. The summed E-state index contributed by atoms with van der Waals surface area (Å²) >= 11 is 0. The number of hydrogen-bond acceptors (Lipinski definition) is 11. The third-order valence-electron chi connectivity index (χ3n) is 8.21. The summed E-state index contributed by atoms with van der Waals surface area (Å²) in [6.45, 7) is -0.322. The molecule has 3 aliphatic rings. The van der Waals surface area contributed by atoms with Crippen LogP contribution in [0.4, 0.5) is 5.69 Å². The van der Waals surface area contributed by atoms with Crippen molar-refractivity contribution in [3.8, 4) is 17.0 Å². The van der Waals surface area contributed by atoms with Crippen LogP contribution in [0.25, 0.3) is 17.0 Å². The first-order chi connectivity index (χ1) is 19.8. The van der Waals surface area contributed by atoms with Gasteiger partial charge in [0.25, 0.3) is 5.91 Å². The van der Waals surface area contributed by atoms with Crippen LogP contribution in [0, 0.1) is 11.8 Å². The van der Waals surface area contributed by atoms with Crippen LogP contribution in [-0.4, -0.2) is 93.1 Å². The van der Waals surface area contributed by atoms with Gasteiger partial charge in [0.2, 0.25) is 11.7 Å². The maximum atomic E-state index is 14.1. The van der Waals surface area contributed by atoms with Gasteiger partial charge in [0.1, 0.15) is 29.4 Å². The molecule has 1 heterocycles. The molecule has 0 unspecified atom stereocenters. The third-order valence-corrected chi connectivity index (χ3v) is 8.21. The molecular weight excluding hydrogens is 548 g/mol. The molecule has 0 aliphatic heterocycles. The zero-order chi connectivity index (χ0) is 30.7. The number of aliphatic hydroxyl groups is 3. The van der Waals surface area contributed by atoms with Crippen molar-refractivity contribution in [3.63, 3.8) is 0 Å². The molecule has 220 valence electrons. The summed E-state index contributed by atoms with van der Waals surface area (Å²) in [5.74, 6) is -8.21. The minimum absolute atomic E-state index is 0.0551. The van der Waals surface area contributed by atoms with Crippen molar-refractivity contribution in [2.75, 3.05) is 33.1 Å². The molecule has 4 atom stereocenters. The number of phenolic OH excluding ortho intramolecular Hbond substituents is 1. The van der Waals surface area contributed by atoms with Gasteiger partial charge in [-0.05, 0) is 56.6 Å². The smallest absolute Gasteiger partial charge is 0.255 e. The highest BCUT2D eigenvalue weighted by Gasteiger charge is 2.64. The predicted molar refractivity (Wildman–Crippen MR) is 148 cm³/mol. The number of hydrogen-bond donors (Lipinski definition) is 6. The second-order valence-corrected chi connectivity index (χ2v) is 10.8. The van der Waals surface area contributed by atoms with E-state index in [-0.39, 0.29) is 36.3 Å². The Morgan fingerprint density at radius 2 is 1.93 bits per heavy atom. The van der Waals surface area contributed by atoms with Crippen LogP contribution < -0.4 is 11.1 Å². The van der Waals surface area contributed by atoms with Crippen LogP contribution in [-0.2, 0) is 30.3 Å². The number of rotatable bonds is 6. The number of ketones is 2. The van der Waals surface area contributed by atoms with Gasteiger partial charge < -0.3 is 36.2 Å². The highest BCUT2D eigenvalue weighted by molar-refractivity contribution is 6.24. The Morgan fingerprint density at radius 3 is 2.52 bits per heavy atom. The molecule has 5 rings (SSSR count). The summed E-state index contributed by atoms with van der Waals surface area (Å²) in [5, 5.41) is 48.2. The van der Waals surface area contributed by atoms with Crippen molar-refractivity contribution in [2.45, 2.75) is 24.5 Å². The molecule has 0 radical (unpaired) electrons. The van der Waals surface area contributed by atoms with Gasteiger partial charge in [0.15, 0.2) is 11.4 Å². The number of likely N-dealkylation sites (N-methyl/N-ethyl adjacent to an activating group) is 1. The summed E-state index contributed by atoms with van der Waals surface area (Å²) in [4.78, 5) is 57.7. The number of carbonyl (C=O) groups is 4. The van der Waals surface area contributed by atoms with Gasteiger partial charge in [-0.15, -0.1) is 0 Å². The first kappa shape index (κ1) is 28.9.